The van der Waals surface area contributed by atoms with Crippen LogP contribution in [0.4, 0.5) is 4.39 Å². The van der Waals surface area contributed by atoms with E-state index in [9.17, 15) is 9.65 Å². The summed E-state index contributed by atoms with van der Waals surface area (Å²) in [7, 11) is 0. The maximum atomic E-state index is 13.0. The summed E-state index contributed by atoms with van der Waals surface area (Å²) >= 11 is 0. The zero-order chi connectivity index (χ0) is 20.4. The first kappa shape index (κ1) is 19.1. The van der Waals surface area contributed by atoms with Gasteiger partial charge in [0.2, 0.25) is 0 Å². The molecule has 29 heavy (non-hydrogen) atoms. The molecule has 0 saturated carbocycles. The van der Waals surface area contributed by atoms with Crippen LogP contribution in [0.1, 0.15) is 31.2 Å². The van der Waals surface area contributed by atoms with E-state index in [0.717, 1.165) is 11.1 Å². The summed E-state index contributed by atoms with van der Waals surface area (Å²) in [5.74, 6) is 0.200. The van der Waals surface area contributed by atoms with Crippen molar-refractivity contribution in [1.29, 1.82) is 5.26 Å². The fourth-order valence-corrected chi connectivity index (χ4v) is 3.13. The number of aromatic nitrogens is 1. The quantitative estimate of drug-likeness (QED) is 0.599. The van der Waals surface area contributed by atoms with E-state index in [0.29, 0.717) is 29.5 Å². The number of benzene rings is 2. The molecule has 0 N–H and O–H groups in total. The van der Waals surface area contributed by atoms with E-state index in [4.69, 9.17) is 14.2 Å². The highest BCUT2D eigenvalue weighted by atomic mass is 19.1. The minimum Gasteiger partial charge on any atom is -0.457 e. The molecule has 146 valence electrons. The molecule has 1 atom stereocenters. The second-order valence-corrected chi connectivity index (χ2v) is 7.18. The molecule has 1 aliphatic rings. The predicted octanol–water partition coefficient (Wildman–Crippen LogP) is 5.38. The molecular formula is C23H19FN2O3. The SMILES string of the molecule is CC1(C)OC[C@H](c2cc(C#N)nc(-c3ccc(Oc4ccc(F)cc4)cc3)c2)O1. The van der Waals surface area contributed by atoms with Gasteiger partial charge in [0.1, 0.15) is 35.2 Å². The Morgan fingerprint density at radius 2 is 1.72 bits per heavy atom. The number of nitrogens with zero attached hydrogens (tertiary/aromatic N) is 2. The number of rotatable bonds is 4. The normalized spacial score (nSPS) is 17.7. The number of nitriles is 1. The first-order chi connectivity index (χ1) is 13.9. The lowest BCUT2D eigenvalue weighted by Gasteiger charge is -2.17. The van der Waals surface area contributed by atoms with Gasteiger partial charge < -0.3 is 14.2 Å². The molecule has 2 aromatic carbocycles. The average molecular weight is 390 g/mol. The smallest absolute Gasteiger partial charge is 0.163 e. The molecule has 4 rings (SSSR count). The van der Waals surface area contributed by atoms with E-state index >= 15 is 0 Å². The summed E-state index contributed by atoms with van der Waals surface area (Å²) in [6.45, 7) is 4.14. The van der Waals surface area contributed by atoms with Gasteiger partial charge in [0.15, 0.2) is 5.79 Å². The van der Waals surface area contributed by atoms with Gasteiger partial charge in [0.25, 0.3) is 0 Å². The fraction of sp³-hybridized carbons (Fsp3) is 0.217. The Hall–Kier alpha value is -3.27. The van der Waals surface area contributed by atoms with Gasteiger partial charge in [0, 0.05) is 5.56 Å². The Labute approximate surface area is 168 Å². The summed E-state index contributed by atoms with van der Waals surface area (Å²) < 4.78 is 30.3. The average Bonchev–Trinajstić information content (AvgIpc) is 3.10. The van der Waals surface area contributed by atoms with E-state index < -0.39 is 5.79 Å². The van der Waals surface area contributed by atoms with Crippen molar-refractivity contribution in [2.24, 2.45) is 0 Å². The number of hydrogen-bond donors (Lipinski definition) is 0. The van der Waals surface area contributed by atoms with Crippen molar-refractivity contribution < 1.29 is 18.6 Å². The summed E-state index contributed by atoms with van der Waals surface area (Å²) in [5, 5.41) is 9.38. The Balaban J connectivity index is 1.58. The van der Waals surface area contributed by atoms with Crippen LogP contribution < -0.4 is 4.74 Å². The van der Waals surface area contributed by atoms with Crippen LogP contribution in [0.5, 0.6) is 11.5 Å². The predicted molar refractivity (Wildman–Crippen MR) is 105 cm³/mol. The van der Waals surface area contributed by atoms with Gasteiger partial charge in [0.05, 0.1) is 12.3 Å². The highest BCUT2D eigenvalue weighted by Crippen LogP contribution is 2.34. The Kier molecular flexibility index (Phi) is 5.01. The van der Waals surface area contributed by atoms with Crippen molar-refractivity contribution in [3.8, 4) is 28.8 Å². The third-order valence-electron chi connectivity index (χ3n) is 4.54. The molecule has 1 saturated heterocycles. The van der Waals surface area contributed by atoms with Gasteiger partial charge >= 0.3 is 0 Å². The molecule has 0 bridgehead atoms. The van der Waals surface area contributed by atoms with Gasteiger partial charge in [-0.3, -0.25) is 0 Å². The maximum absolute atomic E-state index is 13.0. The summed E-state index contributed by atoms with van der Waals surface area (Å²) in [4.78, 5) is 4.41. The molecule has 2 heterocycles. The molecule has 1 aliphatic heterocycles. The van der Waals surface area contributed by atoms with Crippen LogP contribution >= 0.6 is 0 Å². The molecule has 3 aromatic rings. The number of pyridine rings is 1. The molecule has 0 spiro atoms. The molecule has 0 radical (unpaired) electrons. The first-order valence-corrected chi connectivity index (χ1v) is 9.20. The molecule has 0 aliphatic carbocycles. The standard InChI is InChI=1S/C23H19FN2O3/c1-23(2)27-14-22(29-23)16-11-18(13-25)26-21(12-16)15-3-7-19(8-4-15)28-20-9-5-17(24)6-10-20/h3-12,22H,14H2,1-2H3/t22-/m1/s1. The van der Waals surface area contributed by atoms with Gasteiger partial charge in [-0.2, -0.15) is 5.26 Å². The number of halogens is 1. The summed E-state index contributed by atoms with van der Waals surface area (Å²) in [6, 6.07) is 18.9. The van der Waals surface area contributed by atoms with Crippen LogP contribution in [-0.4, -0.2) is 17.4 Å². The lowest BCUT2D eigenvalue weighted by molar-refractivity contribution is -0.139. The summed E-state index contributed by atoms with van der Waals surface area (Å²) in [6.07, 6.45) is -0.250. The van der Waals surface area contributed by atoms with E-state index in [2.05, 4.69) is 11.1 Å². The molecule has 1 fully saturated rings. The third kappa shape index (κ3) is 4.43. The molecule has 0 unspecified atom stereocenters. The third-order valence-corrected chi connectivity index (χ3v) is 4.54. The summed E-state index contributed by atoms with van der Waals surface area (Å²) in [5.41, 5.74) is 2.68. The van der Waals surface area contributed by atoms with Gasteiger partial charge in [-0.05, 0) is 80.1 Å². The minimum atomic E-state index is -0.653. The molecule has 1 aromatic heterocycles. The monoisotopic (exact) mass is 390 g/mol. The topological polar surface area (TPSA) is 64.4 Å². The Morgan fingerprint density at radius 1 is 1.07 bits per heavy atom. The van der Waals surface area contributed by atoms with Crippen molar-refractivity contribution in [2.45, 2.75) is 25.7 Å². The fourth-order valence-electron chi connectivity index (χ4n) is 3.13. The van der Waals surface area contributed by atoms with Crippen LogP contribution in [0.2, 0.25) is 0 Å². The van der Waals surface area contributed by atoms with E-state index in [1.807, 2.05) is 32.0 Å². The number of hydrogen-bond acceptors (Lipinski definition) is 5. The lowest BCUT2D eigenvalue weighted by Crippen LogP contribution is -2.19. The van der Waals surface area contributed by atoms with Crippen molar-refractivity contribution in [3.63, 3.8) is 0 Å². The highest BCUT2D eigenvalue weighted by Gasteiger charge is 2.34. The van der Waals surface area contributed by atoms with Gasteiger partial charge in [-0.15, -0.1) is 0 Å². The minimum absolute atomic E-state index is 0.250. The molecule has 6 heteroatoms. The number of ether oxygens (including phenoxy) is 3. The maximum Gasteiger partial charge on any atom is 0.163 e. The second kappa shape index (κ2) is 7.63. The van der Waals surface area contributed by atoms with Crippen molar-refractivity contribution in [3.05, 3.63) is 77.7 Å². The van der Waals surface area contributed by atoms with Gasteiger partial charge in [-0.25, -0.2) is 9.37 Å². The first-order valence-electron chi connectivity index (χ1n) is 9.20. The zero-order valence-electron chi connectivity index (χ0n) is 16.1. The van der Waals surface area contributed by atoms with Crippen LogP contribution in [-0.2, 0) is 9.47 Å². The molecule has 5 nitrogen and oxygen atoms in total. The van der Waals surface area contributed by atoms with E-state index in [-0.39, 0.29) is 11.9 Å². The second-order valence-electron chi connectivity index (χ2n) is 7.18. The largest absolute Gasteiger partial charge is 0.457 e. The Morgan fingerprint density at radius 3 is 2.31 bits per heavy atom. The molecular weight excluding hydrogens is 371 g/mol. The van der Waals surface area contributed by atoms with E-state index in [1.54, 1.807) is 30.3 Å². The zero-order valence-corrected chi connectivity index (χ0v) is 16.1. The van der Waals surface area contributed by atoms with Crippen LogP contribution in [0.15, 0.2) is 60.7 Å². The van der Waals surface area contributed by atoms with E-state index in [1.165, 1.54) is 12.1 Å². The van der Waals surface area contributed by atoms with Crippen LogP contribution in [0, 0.1) is 17.1 Å². The lowest BCUT2D eigenvalue weighted by atomic mass is 10.0. The van der Waals surface area contributed by atoms with Crippen LogP contribution in [0.3, 0.4) is 0 Å². The van der Waals surface area contributed by atoms with Crippen molar-refractivity contribution in [2.75, 3.05) is 6.61 Å². The molecule has 0 amide bonds. The van der Waals surface area contributed by atoms with Gasteiger partial charge in [-0.1, -0.05) is 0 Å². The highest BCUT2D eigenvalue weighted by molar-refractivity contribution is 5.62. The Bertz CT molecular complexity index is 1060. The van der Waals surface area contributed by atoms with Crippen LogP contribution in [0.25, 0.3) is 11.3 Å². The van der Waals surface area contributed by atoms with Crippen molar-refractivity contribution in [1.82, 2.24) is 4.98 Å². The van der Waals surface area contributed by atoms with Crippen molar-refractivity contribution >= 4 is 0 Å².